The Bertz CT molecular complexity index is 1210. The van der Waals surface area contributed by atoms with Crippen LogP contribution in [-0.4, -0.2) is 48.0 Å². The lowest BCUT2D eigenvalue weighted by atomic mass is 10.2. The Morgan fingerprint density at radius 3 is 2.70 bits per heavy atom. The van der Waals surface area contributed by atoms with Crippen LogP contribution in [0.2, 0.25) is 0 Å². The van der Waals surface area contributed by atoms with Gasteiger partial charge in [0, 0.05) is 23.9 Å². The molecule has 9 heteroatoms. The number of para-hydroxylation sites is 1. The number of thiazole rings is 1. The molecule has 4 heterocycles. The summed E-state index contributed by atoms with van der Waals surface area (Å²) < 4.78 is 11.2. The van der Waals surface area contributed by atoms with Crippen molar-refractivity contribution in [1.29, 1.82) is 0 Å². The minimum atomic E-state index is -0.378. The average Bonchev–Trinajstić information content (AvgIpc) is 3.53. The molecule has 0 saturated carbocycles. The molecule has 1 fully saturated rings. The van der Waals surface area contributed by atoms with Crippen LogP contribution in [0.25, 0.3) is 20.9 Å². The van der Waals surface area contributed by atoms with Gasteiger partial charge in [0.2, 0.25) is 5.76 Å². The van der Waals surface area contributed by atoms with Gasteiger partial charge in [0.05, 0.1) is 18.1 Å². The number of benzene rings is 1. The van der Waals surface area contributed by atoms with Crippen LogP contribution in [0, 0.1) is 0 Å². The highest BCUT2D eigenvalue weighted by Crippen LogP contribution is 2.33. The molecule has 7 nitrogen and oxygen atoms in total. The van der Waals surface area contributed by atoms with Crippen molar-refractivity contribution in [3.05, 3.63) is 58.6 Å². The van der Waals surface area contributed by atoms with Gasteiger partial charge in [-0.3, -0.25) is 9.59 Å². The highest BCUT2D eigenvalue weighted by Gasteiger charge is 2.28. The van der Waals surface area contributed by atoms with E-state index in [2.05, 4.69) is 10.3 Å². The zero-order valence-electron chi connectivity index (χ0n) is 15.8. The van der Waals surface area contributed by atoms with Crippen molar-refractivity contribution >= 4 is 51.1 Å². The molecule has 1 aliphatic rings. The van der Waals surface area contributed by atoms with E-state index in [0.29, 0.717) is 48.7 Å². The molecule has 0 aliphatic carbocycles. The molecule has 0 radical (unpaired) electrons. The number of nitrogens with zero attached hydrogens (tertiary/aromatic N) is 2. The van der Waals surface area contributed by atoms with Gasteiger partial charge >= 0.3 is 0 Å². The van der Waals surface area contributed by atoms with Gasteiger partial charge in [0.25, 0.3) is 11.8 Å². The van der Waals surface area contributed by atoms with Gasteiger partial charge in [-0.2, -0.15) is 0 Å². The Morgan fingerprint density at radius 1 is 1.07 bits per heavy atom. The maximum atomic E-state index is 13.1. The molecule has 0 spiro atoms. The maximum Gasteiger partial charge on any atom is 0.291 e. The second-order valence-electron chi connectivity index (χ2n) is 6.68. The lowest BCUT2D eigenvalue weighted by Gasteiger charge is -2.26. The van der Waals surface area contributed by atoms with Crippen molar-refractivity contribution in [2.24, 2.45) is 0 Å². The summed E-state index contributed by atoms with van der Waals surface area (Å²) in [6.07, 6.45) is 0. The van der Waals surface area contributed by atoms with Crippen molar-refractivity contribution in [2.45, 2.75) is 0 Å². The number of anilines is 1. The van der Waals surface area contributed by atoms with Gasteiger partial charge in [0.15, 0.2) is 0 Å². The van der Waals surface area contributed by atoms with Crippen molar-refractivity contribution < 1.29 is 18.7 Å². The molecule has 5 rings (SSSR count). The molecule has 1 aromatic carbocycles. The average molecular weight is 440 g/mol. The molecule has 1 saturated heterocycles. The Labute approximate surface area is 179 Å². The smallest absolute Gasteiger partial charge is 0.291 e. The van der Waals surface area contributed by atoms with Crippen molar-refractivity contribution in [2.75, 3.05) is 31.6 Å². The van der Waals surface area contributed by atoms with E-state index in [0.717, 1.165) is 9.88 Å². The molecular weight excluding hydrogens is 422 g/mol. The zero-order chi connectivity index (χ0) is 20.5. The van der Waals surface area contributed by atoms with E-state index in [-0.39, 0.29) is 17.6 Å². The number of furan rings is 1. The molecular formula is C21H17N3O4S2. The van der Waals surface area contributed by atoms with Gasteiger partial charge in [-0.25, -0.2) is 4.98 Å². The Kier molecular flexibility index (Phi) is 5.07. The van der Waals surface area contributed by atoms with Crippen LogP contribution in [0.1, 0.15) is 21.0 Å². The third-order valence-electron chi connectivity index (χ3n) is 4.80. The number of hydrogen-bond donors (Lipinski definition) is 1. The minimum Gasteiger partial charge on any atom is -0.449 e. The molecule has 0 unspecified atom stereocenters. The van der Waals surface area contributed by atoms with Gasteiger partial charge in [-0.05, 0) is 23.6 Å². The zero-order valence-corrected chi connectivity index (χ0v) is 17.4. The molecule has 152 valence electrons. The first-order valence-electron chi connectivity index (χ1n) is 9.40. The predicted molar refractivity (Wildman–Crippen MR) is 116 cm³/mol. The van der Waals surface area contributed by atoms with Crippen LogP contribution in [0.3, 0.4) is 0 Å². The normalized spacial score (nSPS) is 14.2. The monoisotopic (exact) mass is 439 g/mol. The second-order valence-corrected chi connectivity index (χ2v) is 8.48. The number of thiophene rings is 1. The largest absolute Gasteiger partial charge is 0.449 e. The number of nitrogens with one attached hydrogen (secondary N) is 1. The van der Waals surface area contributed by atoms with Crippen LogP contribution in [0.5, 0.6) is 0 Å². The number of hydrogen-bond acceptors (Lipinski definition) is 7. The Balaban J connectivity index is 1.47. The van der Waals surface area contributed by atoms with Gasteiger partial charge in [0.1, 0.15) is 22.0 Å². The highest BCUT2D eigenvalue weighted by atomic mass is 32.1. The molecule has 4 aromatic rings. The van der Waals surface area contributed by atoms with E-state index < -0.39 is 0 Å². The van der Waals surface area contributed by atoms with Crippen LogP contribution in [0.4, 0.5) is 5.69 Å². The minimum absolute atomic E-state index is 0.125. The fourth-order valence-electron chi connectivity index (χ4n) is 3.30. The first-order valence-corrected chi connectivity index (χ1v) is 11.2. The topological polar surface area (TPSA) is 84.7 Å². The van der Waals surface area contributed by atoms with E-state index in [1.165, 1.54) is 11.3 Å². The number of amides is 2. The summed E-state index contributed by atoms with van der Waals surface area (Å²) >= 11 is 2.98. The summed E-state index contributed by atoms with van der Waals surface area (Å²) in [5, 5.41) is 8.02. The third kappa shape index (κ3) is 3.51. The van der Waals surface area contributed by atoms with Crippen molar-refractivity contribution in [3.63, 3.8) is 0 Å². The number of carbonyl (C=O) groups excluding carboxylic acids is 2. The number of rotatable bonds is 4. The molecule has 1 aliphatic heterocycles. The SMILES string of the molecule is O=C(Nc1c(C(=O)N2CCOCC2)oc2ccccc12)c1csc(-c2cccs2)n1. The summed E-state index contributed by atoms with van der Waals surface area (Å²) in [6.45, 7) is 1.94. The van der Waals surface area contributed by atoms with E-state index in [1.54, 1.807) is 27.7 Å². The van der Waals surface area contributed by atoms with Crippen molar-refractivity contribution in [3.8, 4) is 9.88 Å². The van der Waals surface area contributed by atoms with Crippen LogP contribution >= 0.6 is 22.7 Å². The van der Waals surface area contributed by atoms with Gasteiger partial charge in [-0.15, -0.1) is 22.7 Å². The molecule has 0 atom stereocenters. The third-order valence-corrected chi connectivity index (χ3v) is 6.68. The standard InChI is InChI=1S/C21H17N3O4S2/c25-19(14-12-30-20(22-14)16-6-3-11-29-16)23-17-13-4-1-2-5-15(13)28-18(17)21(26)24-7-9-27-10-8-24/h1-6,11-12H,7-10H2,(H,23,25). The number of fused-ring (bicyclic) bond motifs is 1. The lowest BCUT2D eigenvalue weighted by Crippen LogP contribution is -2.40. The maximum absolute atomic E-state index is 13.1. The molecule has 0 bridgehead atoms. The fraction of sp³-hybridized carbons (Fsp3) is 0.190. The first kappa shape index (κ1) is 19.0. The summed E-state index contributed by atoms with van der Waals surface area (Å²) in [4.78, 5) is 33.2. The number of aromatic nitrogens is 1. The first-order chi connectivity index (χ1) is 14.7. The molecule has 30 heavy (non-hydrogen) atoms. The predicted octanol–water partition coefficient (Wildman–Crippen LogP) is 4.34. The Morgan fingerprint density at radius 2 is 1.90 bits per heavy atom. The highest BCUT2D eigenvalue weighted by molar-refractivity contribution is 7.20. The van der Waals surface area contributed by atoms with Crippen molar-refractivity contribution in [1.82, 2.24) is 9.88 Å². The summed E-state index contributed by atoms with van der Waals surface area (Å²) in [7, 11) is 0. The molecule has 1 N–H and O–H groups in total. The van der Waals surface area contributed by atoms with E-state index in [4.69, 9.17) is 9.15 Å². The number of morpholine rings is 1. The summed E-state index contributed by atoms with van der Waals surface area (Å²) in [6, 6.07) is 11.2. The van der Waals surface area contributed by atoms with Gasteiger partial charge in [-0.1, -0.05) is 18.2 Å². The quantitative estimate of drug-likeness (QED) is 0.511. The summed E-state index contributed by atoms with van der Waals surface area (Å²) in [5.41, 5.74) is 1.22. The van der Waals surface area contributed by atoms with Gasteiger partial charge < -0.3 is 19.4 Å². The molecule has 3 aromatic heterocycles. The summed E-state index contributed by atoms with van der Waals surface area (Å²) in [5.74, 6) is -0.515. The van der Waals surface area contributed by atoms with E-state index in [9.17, 15) is 9.59 Å². The number of ether oxygens (including phenoxy) is 1. The van der Waals surface area contributed by atoms with Crippen LogP contribution in [0.15, 0.2) is 51.6 Å². The van der Waals surface area contributed by atoms with E-state index >= 15 is 0 Å². The van der Waals surface area contributed by atoms with Crippen LogP contribution in [-0.2, 0) is 4.74 Å². The van der Waals surface area contributed by atoms with E-state index in [1.807, 2.05) is 35.7 Å². The Hall–Kier alpha value is -3.01. The second kappa shape index (κ2) is 8.02. The molecule has 2 amide bonds. The fourth-order valence-corrected chi connectivity index (χ4v) is 4.91. The number of carbonyl (C=O) groups is 2. The van der Waals surface area contributed by atoms with Crippen LogP contribution < -0.4 is 5.32 Å². The lowest BCUT2D eigenvalue weighted by molar-refractivity contribution is 0.0285.